The van der Waals surface area contributed by atoms with Crippen LogP contribution in [0.25, 0.3) is 10.2 Å². The second-order valence-electron chi connectivity index (χ2n) is 7.47. The van der Waals surface area contributed by atoms with Crippen molar-refractivity contribution >= 4 is 27.5 Å². The van der Waals surface area contributed by atoms with Crippen LogP contribution in [0.2, 0.25) is 0 Å². The molecule has 1 aliphatic carbocycles. The summed E-state index contributed by atoms with van der Waals surface area (Å²) in [6.45, 7) is 4.91. The van der Waals surface area contributed by atoms with Crippen LogP contribution >= 0.6 is 11.3 Å². The van der Waals surface area contributed by atoms with Gasteiger partial charge in [-0.3, -0.25) is 14.2 Å². The van der Waals surface area contributed by atoms with E-state index >= 15 is 0 Å². The molecule has 8 heteroatoms. The minimum absolute atomic E-state index is 0.218. The third-order valence-corrected chi connectivity index (χ3v) is 6.33. The van der Waals surface area contributed by atoms with Gasteiger partial charge in [-0.2, -0.15) is 0 Å². The Hall–Kier alpha value is -1.93. The van der Waals surface area contributed by atoms with Crippen molar-refractivity contribution in [2.24, 2.45) is 5.92 Å². The molecule has 0 amide bonds. The molecule has 0 saturated carbocycles. The number of esters is 1. The minimum Gasteiger partial charge on any atom is -0.465 e. The lowest BCUT2D eigenvalue weighted by Gasteiger charge is -2.18. The molecule has 2 heterocycles. The summed E-state index contributed by atoms with van der Waals surface area (Å²) < 4.78 is 7.66. The summed E-state index contributed by atoms with van der Waals surface area (Å²) in [6.07, 6.45) is 2.88. The third-order valence-electron chi connectivity index (χ3n) is 5.02. The topological polar surface area (TPSA) is 73.5 Å². The number of nitrogens with zero attached hydrogens (tertiary/aromatic N) is 3. The van der Waals surface area contributed by atoms with Crippen molar-refractivity contribution in [1.29, 1.82) is 0 Å². The van der Waals surface area contributed by atoms with Gasteiger partial charge in [0.1, 0.15) is 11.4 Å². The van der Waals surface area contributed by atoms with Gasteiger partial charge in [-0.1, -0.05) is 6.92 Å². The lowest BCUT2D eigenvalue weighted by atomic mass is 9.89. The van der Waals surface area contributed by atoms with Crippen molar-refractivity contribution < 1.29 is 9.53 Å². The Morgan fingerprint density at radius 2 is 2.04 bits per heavy atom. The van der Waals surface area contributed by atoms with Crippen LogP contribution in [0.4, 0.5) is 0 Å². The first kappa shape index (κ1) is 19.8. The van der Waals surface area contributed by atoms with Gasteiger partial charge in [0.15, 0.2) is 0 Å². The van der Waals surface area contributed by atoms with Crippen LogP contribution in [0, 0.1) is 5.92 Å². The first-order chi connectivity index (χ1) is 12.8. The molecule has 1 atom stereocenters. The van der Waals surface area contributed by atoms with Gasteiger partial charge in [0.2, 0.25) is 0 Å². The molecule has 2 aromatic heterocycles. The fraction of sp³-hybridized carbons (Fsp3) is 0.632. The van der Waals surface area contributed by atoms with E-state index in [4.69, 9.17) is 4.74 Å². The van der Waals surface area contributed by atoms with E-state index in [1.807, 2.05) is 19.0 Å². The summed E-state index contributed by atoms with van der Waals surface area (Å²) in [5, 5.41) is 0.615. The van der Waals surface area contributed by atoms with Gasteiger partial charge in [0, 0.05) is 18.0 Å². The van der Waals surface area contributed by atoms with Crippen molar-refractivity contribution in [1.82, 2.24) is 14.0 Å². The Morgan fingerprint density at radius 3 is 2.70 bits per heavy atom. The van der Waals surface area contributed by atoms with Crippen LogP contribution in [0.15, 0.2) is 9.59 Å². The van der Waals surface area contributed by atoms with E-state index in [1.165, 1.54) is 4.88 Å². The number of likely N-dealkylation sites (N-methyl/N-ethyl adjacent to an activating group) is 1. The van der Waals surface area contributed by atoms with E-state index in [1.54, 1.807) is 22.8 Å². The molecule has 0 N–H and O–H groups in total. The van der Waals surface area contributed by atoms with Gasteiger partial charge in [-0.15, -0.1) is 11.3 Å². The van der Waals surface area contributed by atoms with E-state index < -0.39 is 11.7 Å². The number of rotatable bonds is 6. The number of ether oxygens (including phenoxy) is 1. The van der Waals surface area contributed by atoms with E-state index in [2.05, 4.69) is 6.92 Å². The van der Waals surface area contributed by atoms with Crippen LogP contribution in [0.3, 0.4) is 0 Å². The predicted molar refractivity (Wildman–Crippen MR) is 107 cm³/mol. The number of thiophene rings is 1. The van der Waals surface area contributed by atoms with Crippen molar-refractivity contribution in [2.45, 2.75) is 46.2 Å². The Labute approximate surface area is 162 Å². The zero-order valence-electron chi connectivity index (χ0n) is 16.4. The molecule has 1 aliphatic rings. The van der Waals surface area contributed by atoms with E-state index in [0.717, 1.165) is 34.2 Å². The average Bonchev–Trinajstić information content (AvgIpc) is 2.97. The van der Waals surface area contributed by atoms with Gasteiger partial charge in [-0.05, 0) is 51.8 Å². The van der Waals surface area contributed by atoms with E-state index in [9.17, 15) is 14.4 Å². The molecule has 0 bridgehead atoms. The van der Waals surface area contributed by atoms with Crippen LogP contribution in [-0.4, -0.2) is 47.3 Å². The normalized spacial score (nSPS) is 16.7. The van der Waals surface area contributed by atoms with Crippen molar-refractivity contribution in [3.8, 4) is 0 Å². The Balaban J connectivity index is 2.22. The van der Waals surface area contributed by atoms with Gasteiger partial charge in [0.25, 0.3) is 5.56 Å². The summed E-state index contributed by atoms with van der Waals surface area (Å²) in [7, 11) is 3.88. The van der Waals surface area contributed by atoms with Gasteiger partial charge < -0.3 is 9.64 Å². The molecule has 0 aliphatic heterocycles. The summed E-state index contributed by atoms with van der Waals surface area (Å²) in [4.78, 5) is 42.1. The molecule has 0 saturated heterocycles. The highest BCUT2D eigenvalue weighted by Gasteiger charge is 2.26. The fourth-order valence-corrected chi connectivity index (χ4v) is 4.94. The van der Waals surface area contributed by atoms with E-state index in [0.29, 0.717) is 24.4 Å². The van der Waals surface area contributed by atoms with Crippen LogP contribution in [0.5, 0.6) is 0 Å². The largest absolute Gasteiger partial charge is 0.465 e. The number of hydrogen-bond donors (Lipinski definition) is 0. The molecular weight excluding hydrogens is 366 g/mol. The smallest absolute Gasteiger partial charge is 0.332 e. The second kappa shape index (κ2) is 7.98. The summed E-state index contributed by atoms with van der Waals surface area (Å²) in [6, 6.07) is 0. The first-order valence-electron chi connectivity index (χ1n) is 9.41. The SMILES string of the molecule is CCOC(=O)Cn1c(=O)c2c3c(sc2n(CCN(C)C)c1=O)CCC(C)C3. The number of fused-ring (bicyclic) bond motifs is 3. The molecule has 27 heavy (non-hydrogen) atoms. The molecule has 7 nitrogen and oxygen atoms in total. The maximum atomic E-state index is 13.2. The fourth-order valence-electron chi connectivity index (χ4n) is 3.58. The number of aryl methyl sites for hydroxylation is 1. The van der Waals surface area contributed by atoms with Crippen LogP contribution < -0.4 is 11.2 Å². The second-order valence-corrected chi connectivity index (χ2v) is 8.55. The molecular formula is C19H27N3O4S. The minimum atomic E-state index is -0.562. The van der Waals surface area contributed by atoms with Crippen molar-refractivity contribution in [3.63, 3.8) is 0 Å². The quantitative estimate of drug-likeness (QED) is 0.695. The summed E-state index contributed by atoms with van der Waals surface area (Å²) in [5.74, 6) is -0.0527. The Morgan fingerprint density at radius 1 is 1.30 bits per heavy atom. The van der Waals surface area contributed by atoms with Crippen LogP contribution in [0.1, 0.15) is 30.7 Å². The highest BCUT2D eigenvalue weighted by molar-refractivity contribution is 7.18. The summed E-state index contributed by atoms with van der Waals surface area (Å²) in [5.41, 5.74) is 0.264. The highest BCUT2D eigenvalue weighted by Crippen LogP contribution is 2.36. The molecule has 0 fully saturated rings. The molecule has 2 aromatic rings. The molecule has 0 aromatic carbocycles. The van der Waals surface area contributed by atoms with Gasteiger partial charge in [-0.25, -0.2) is 9.36 Å². The Kier molecular flexibility index (Phi) is 5.86. The Bertz CT molecular complexity index is 970. The third kappa shape index (κ3) is 3.87. The van der Waals surface area contributed by atoms with Gasteiger partial charge in [0.05, 0.1) is 12.0 Å². The maximum absolute atomic E-state index is 13.2. The molecule has 1 unspecified atom stereocenters. The summed E-state index contributed by atoms with van der Waals surface area (Å²) >= 11 is 1.56. The highest BCUT2D eigenvalue weighted by atomic mass is 32.1. The lowest BCUT2D eigenvalue weighted by molar-refractivity contribution is -0.143. The van der Waals surface area contributed by atoms with Crippen LogP contribution in [-0.2, 0) is 35.5 Å². The van der Waals surface area contributed by atoms with Crippen molar-refractivity contribution in [3.05, 3.63) is 31.3 Å². The standard InChI is InChI=1S/C19H27N3O4S/c1-5-26-15(23)11-22-17(24)16-13-10-12(2)6-7-14(13)27-18(16)21(19(22)25)9-8-20(3)4/h12H,5-11H2,1-4H3. The number of carbonyl (C=O) groups excluding carboxylic acids is 1. The number of carbonyl (C=O) groups is 1. The number of aromatic nitrogens is 2. The lowest BCUT2D eigenvalue weighted by Crippen LogP contribution is -2.42. The average molecular weight is 394 g/mol. The molecule has 0 radical (unpaired) electrons. The molecule has 0 spiro atoms. The molecule has 148 valence electrons. The first-order valence-corrected chi connectivity index (χ1v) is 10.2. The van der Waals surface area contributed by atoms with Crippen molar-refractivity contribution in [2.75, 3.05) is 27.2 Å². The van der Waals surface area contributed by atoms with Gasteiger partial charge >= 0.3 is 11.7 Å². The molecule has 3 rings (SSSR count). The van der Waals surface area contributed by atoms with E-state index in [-0.39, 0.29) is 18.7 Å². The zero-order valence-corrected chi connectivity index (χ0v) is 17.2. The zero-order chi connectivity index (χ0) is 19.7. The maximum Gasteiger partial charge on any atom is 0.332 e. The number of hydrogen-bond acceptors (Lipinski definition) is 6. The monoisotopic (exact) mass is 393 g/mol. The predicted octanol–water partition coefficient (Wildman–Crippen LogP) is 1.47.